The zero-order valence-corrected chi connectivity index (χ0v) is 17.6. The van der Waals surface area contributed by atoms with Gasteiger partial charge in [-0.25, -0.2) is 0 Å². The Balaban J connectivity index is 1.59. The molecule has 1 amide bonds. The van der Waals surface area contributed by atoms with Crippen LogP contribution in [0.1, 0.15) is 13.8 Å². The number of hydrogen-bond donors (Lipinski definition) is 1. The van der Waals surface area contributed by atoms with E-state index < -0.39 is 0 Å². The summed E-state index contributed by atoms with van der Waals surface area (Å²) >= 11 is 12.1. The number of anilines is 2. The van der Waals surface area contributed by atoms with Gasteiger partial charge in [-0.3, -0.25) is 9.69 Å². The predicted molar refractivity (Wildman–Crippen MR) is 116 cm³/mol. The minimum Gasteiger partial charge on any atom is -0.492 e. The van der Waals surface area contributed by atoms with Crippen LogP contribution in [0.3, 0.4) is 0 Å². The Bertz CT molecular complexity index is 823. The molecule has 0 bridgehead atoms. The van der Waals surface area contributed by atoms with Gasteiger partial charge in [0.15, 0.2) is 0 Å². The number of amides is 1. The first kappa shape index (κ1) is 20.8. The molecule has 1 saturated heterocycles. The van der Waals surface area contributed by atoms with Gasteiger partial charge in [-0.15, -0.1) is 0 Å². The molecular formula is C21H25Cl2N3O2. The van der Waals surface area contributed by atoms with Crippen molar-refractivity contribution in [1.29, 1.82) is 0 Å². The van der Waals surface area contributed by atoms with Crippen LogP contribution in [0.4, 0.5) is 11.4 Å². The Morgan fingerprint density at radius 1 is 1.14 bits per heavy atom. The molecule has 7 heteroatoms. The van der Waals surface area contributed by atoms with Crippen molar-refractivity contribution in [3.8, 4) is 5.75 Å². The van der Waals surface area contributed by atoms with E-state index in [1.54, 1.807) is 18.2 Å². The van der Waals surface area contributed by atoms with E-state index in [1.165, 1.54) is 0 Å². The second-order valence-corrected chi connectivity index (χ2v) is 7.56. The van der Waals surface area contributed by atoms with Crippen LogP contribution in [0, 0.1) is 0 Å². The molecule has 150 valence electrons. The zero-order valence-electron chi connectivity index (χ0n) is 16.1. The van der Waals surface area contributed by atoms with Gasteiger partial charge < -0.3 is 15.0 Å². The van der Waals surface area contributed by atoms with E-state index in [9.17, 15) is 4.79 Å². The SMILES string of the molecule is CCOc1ccccc1N1CCN(C(C)C(=O)Nc2ccc(Cl)cc2Cl)CC1. The number of rotatable bonds is 6. The first-order chi connectivity index (χ1) is 13.5. The minimum absolute atomic E-state index is 0.0765. The van der Waals surface area contributed by atoms with E-state index in [0.29, 0.717) is 22.3 Å². The lowest BCUT2D eigenvalue weighted by atomic mass is 10.2. The molecule has 1 aliphatic rings. The molecule has 1 atom stereocenters. The lowest BCUT2D eigenvalue weighted by Crippen LogP contribution is -2.52. The largest absolute Gasteiger partial charge is 0.492 e. The molecule has 28 heavy (non-hydrogen) atoms. The lowest BCUT2D eigenvalue weighted by molar-refractivity contribution is -0.120. The molecule has 1 N–H and O–H groups in total. The predicted octanol–water partition coefficient (Wildman–Crippen LogP) is 4.54. The van der Waals surface area contributed by atoms with Crippen LogP contribution in [-0.2, 0) is 4.79 Å². The standard InChI is InChI=1S/C21H25Cl2N3O2/c1-3-28-20-7-5-4-6-19(20)26-12-10-25(11-13-26)15(2)21(27)24-18-9-8-16(22)14-17(18)23/h4-9,14-15H,3,10-13H2,1-2H3,(H,24,27). The summed E-state index contributed by atoms with van der Waals surface area (Å²) in [6.07, 6.45) is 0. The van der Waals surface area contributed by atoms with Gasteiger partial charge in [-0.1, -0.05) is 35.3 Å². The maximum absolute atomic E-state index is 12.7. The number of carbonyl (C=O) groups is 1. The minimum atomic E-state index is -0.254. The number of benzene rings is 2. The molecule has 1 heterocycles. The van der Waals surface area contributed by atoms with Crippen LogP contribution in [0.5, 0.6) is 5.75 Å². The average molecular weight is 422 g/mol. The van der Waals surface area contributed by atoms with Crippen molar-refractivity contribution in [2.75, 3.05) is 43.0 Å². The van der Waals surface area contributed by atoms with Gasteiger partial charge >= 0.3 is 0 Å². The van der Waals surface area contributed by atoms with Gasteiger partial charge in [0.2, 0.25) is 5.91 Å². The number of carbonyl (C=O) groups excluding carboxylic acids is 1. The van der Waals surface area contributed by atoms with E-state index in [0.717, 1.165) is 37.6 Å². The van der Waals surface area contributed by atoms with Crippen molar-refractivity contribution in [2.45, 2.75) is 19.9 Å². The quantitative estimate of drug-likeness (QED) is 0.743. The first-order valence-corrected chi connectivity index (χ1v) is 10.2. The number of nitrogens with zero attached hydrogens (tertiary/aromatic N) is 2. The summed E-state index contributed by atoms with van der Waals surface area (Å²) in [4.78, 5) is 17.1. The summed E-state index contributed by atoms with van der Waals surface area (Å²) < 4.78 is 5.75. The number of para-hydroxylation sites is 2. The third-order valence-corrected chi connectivity index (χ3v) is 5.48. The molecule has 2 aromatic rings. The Morgan fingerprint density at radius 2 is 1.86 bits per heavy atom. The summed E-state index contributed by atoms with van der Waals surface area (Å²) in [6, 6.07) is 12.9. The molecule has 3 rings (SSSR count). The lowest BCUT2D eigenvalue weighted by Gasteiger charge is -2.39. The highest BCUT2D eigenvalue weighted by atomic mass is 35.5. The van der Waals surface area contributed by atoms with Gasteiger partial charge in [-0.05, 0) is 44.2 Å². The van der Waals surface area contributed by atoms with Gasteiger partial charge in [0.25, 0.3) is 0 Å². The van der Waals surface area contributed by atoms with Crippen LogP contribution in [0.25, 0.3) is 0 Å². The fourth-order valence-corrected chi connectivity index (χ4v) is 3.80. The highest BCUT2D eigenvalue weighted by Gasteiger charge is 2.27. The summed E-state index contributed by atoms with van der Waals surface area (Å²) in [6.45, 7) is 7.81. The molecule has 0 radical (unpaired) electrons. The maximum atomic E-state index is 12.7. The number of ether oxygens (including phenoxy) is 1. The summed E-state index contributed by atoms with van der Waals surface area (Å²) in [7, 11) is 0. The van der Waals surface area contributed by atoms with Gasteiger partial charge in [0.05, 0.1) is 29.0 Å². The van der Waals surface area contributed by atoms with E-state index in [1.807, 2.05) is 32.0 Å². The first-order valence-electron chi connectivity index (χ1n) is 9.46. The van der Waals surface area contributed by atoms with Crippen molar-refractivity contribution in [3.63, 3.8) is 0 Å². The molecule has 2 aromatic carbocycles. The van der Waals surface area contributed by atoms with Crippen molar-refractivity contribution in [1.82, 2.24) is 4.90 Å². The van der Waals surface area contributed by atoms with Crippen LogP contribution >= 0.6 is 23.2 Å². The maximum Gasteiger partial charge on any atom is 0.241 e. The van der Waals surface area contributed by atoms with Crippen LogP contribution in [0.15, 0.2) is 42.5 Å². The summed E-state index contributed by atoms with van der Waals surface area (Å²) in [5.41, 5.74) is 1.68. The Hall–Kier alpha value is -1.95. The van der Waals surface area contributed by atoms with Crippen molar-refractivity contribution in [3.05, 3.63) is 52.5 Å². The normalized spacial score (nSPS) is 15.9. The Morgan fingerprint density at radius 3 is 2.54 bits per heavy atom. The second kappa shape index (κ2) is 9.50. The van der Waals surface area contributed by atoms with Gasteiger partial charge in [-0.2, -0.15) is 0 Å². The molecule has 0 saturated carbocycles. The number of piperazine rings is 1. The highest BCUT2D eigenvalue weighted by Crippen LogP contribution is 2.29. The summed E-state index contributed by atoms with van der Waals surface area (Å²) in [5, 5.41) is 3.88. The fraction of sp³-hybridized carbons (Fsp3) is 0.381. The third-order valence-electron chi connectivity index (χ3n) is 4.94. The molecule has 1 aliphatic heterocycles. The topological polar surface area (TPSA) is 44.8 Å². The number of halogens is 2. The second-order valence-electron chi connectivity index (χ2n) is 6.71. The van der Waals surface area contributed by atoms with E-state index in [-0.39, 0.29) is 11.9 Å². The van der Waals surface area contributed by atoms with Crippen molar-refractivity contribution < 1.29 is 9.53 Å². The van der Waals surface area contributed by atoms with E-state index in [4.69, 9.17) is 27.9 Å². The fourth-order valence-electron chi connectivity index (χ4n) is 3.34. The van der Waals surface area contributed by atoms with Crippen molar-refractivity contribution in [2.24, 2.45) is 0 Å². The smallest absolute Gasteiger partial charge is 0.241 e. The highest BCUT2D eigenvalue weighted by molar-refractivity contribution is 6.36. The summed E-state index contributed by atoms with van der Waals surface area (Å²) in [5.74, 6) is 0.828. The van der Waals surface area contributed by atoms with E-state index >= 15 is 0 Å². The van der Waals surface area contributed by atoms with E-state index in [2.05, 4.69) is 21.2 Å². The number of nitrogens with one attached hydrogen (secondary N) is 1. The monoisotopic (exact) mass is 421 g/mol. The number of hydrogen-bond acceptors (Lipinski definition) is 4. The van der Waals surface area contributed by atoms with Crippen LogP contribution < -0.4 is 15.0 Å². The molecule has 5 nitrogen and oxygen atoms in total. The third kappa shape index (κ3) is 4.90. The zero-order chi connectivity index (χ0) is 20.1. The van der Waals surface area contributed by atoms with Crippen LogP contribution in [-0.4, -0.2) is 49.6 Å². The Kier molecular flexibility index (Phi) is 7.05. The molecule has 0 aromatic heterocycles. The van der Waals surface area contributed by atoms with Crippen molar-refractivity contribution >= 4 is 40.5 Å². The average Bonchev–Trinajstić information content (AvgIpc) is 2.70. The molecule has 0 aliphatic carbocycles. The van der Waals surface area contributed by atoms with Gasteiger partial charge in [0.1, 0.15) is 5.75 Å². The van der Waals surface area contributed by atoms with Gasteiger partial charge in [0, 0.05) is 31.2 Å². The molecule has 1 fully saturated rings. The molecular weight excluding hydrogens is 397 g/mol. The molecule has 0 spiro atoms. The molecule has 1 unspecified atom stereocenters. The Labute approximate surface area is 176 Å². The van der Waals surface area contributed by atoms with Crippen LogP contribution in [0.2, 0.25) is 10.0 Å².